The van der Waals surface area contributed by atoms with Crippen molar-refractivity contribution in [3.8, 4) is 11.3 Å². The molecule has 0 radical (unpaired) electrons. The van der Waals surface area contributed by atoms with Crippen LogP contribution in [0.15, 0.2) is 29.2 Å². The predicted octanol–water partition coefficient (Wildman–Crippen LogP) is 4.84. The van der Waals surface area contributed by atoms with Crippen molar-refractivity contribution in [1.82, 2.24) is 9.97 Å². The zero-order chi connectivity index (χ0) is 23.2. The summed E-state index contributed by atoms with van der Waals surface area (Å²) in [5.41, 5.74) is -5.12. The first-order valence-corrected chi connectivity index (χ1v) is 11.3. The summed E-state index contributed by atoms with van der Waals surface area (Å²) < 4.78 is 103. The number of halogens is 6. The highest BCUT2D eigenvalue weighted by Gasteiger charge is 2.73. The fourth-order valence-corrected chi connectivity index (χ4v) is 4.38. The molecule has 1 aromatic heterocycles. The summed E-state index contributed by atoms with van der Waals surface area (Å²) in [4.78, 5) is 5.62. The van der Waals surface area contributed by atoms with Crippen molar-refractivity contribution in [2.75, 3.05) is 6.26 Å². The van der Waals surface area contributed by atoms with E-state index in [1.54, 1.807) is 0 Å². The molecule has 3 rings (SSSR count). The number of hydrogen-bond donors (Lipinski definition) is 2. The van der Waals surface area contributed by atoms with Crippen LogP contribution < -0.4 is 0 Å². The summed E-state index contributed by atoms with van der Waals surface area (Å²) in [5, 5.41) is 9.77. The highest BCUT2D eigenvalue weighted by molar-refractivity contribution is 7.90. The third-order valence-electron chi connectivity index (χ3n) is 5.46. The second-order valence-corrected chi connectivity index (χ2v) is 9.70. The molecule has 1 aliphatic rings. The van der Waals surface area contributed by atoms with Crippen LogP contribution in [0, 0.1) is 0 Å². The Kier molecular flexibility index (Phi) is 5.94. The maximum Gasteiger partial charge on any atom is 0.433 e. The Balaban J connectivity index is 2.19. The second-order valence-electron chi connectivity index (χ2n) is 7.68. The number of rotatable bonds is 4. The molecule has 1 saturated carbocycles. The minimum absolute atomic E-state index is 0.00580. The van der Waals surface area contributed by atoms with Crippen LogP contribution in [-0.4, -0.2) is 42.1 Å². The molecule has 0 saturated heterocycles. The average Bonchev–Trinajstić information content (AvgIpc) is 3.11. The van der Waals surface area contributed by atoms with Gasteiger partial charge in [0.1, 0.15) is 0 Å². The molecule has 1 fully saturated rings. The van der Waals surface area contributed by atoms with Gasteiger partial charge in [-0.25, -0.2) is 13.4 Å². The Morgan fingerprint density at radius 3 is 1.94 bits per heavy atom. The van der Waals surface area contributed by atoms with Crippen LogP contribution in [0.3, 0.4) is 0 Å². The number of aromatic amines is 1. The number of nitrogens with zero attached hydrogens (tertiary/aromatic N) is 1. The zero-order valence-electron chi connectivity index (χ0n) is 16.3. The van der Waals surface area contributed by atoms with Gasteiger partial charge >= 0.3 is 18.0 Å². The van der Waals surface area contributed by atoms with E-state index < -0.39 is 39.5 Å². The van der Waals surface area contributed by atoms with Crippen molar-refractivity contribution in [3.05, 3.63) is 35.8 Å². The summed E-state index contributed by atoms with van der Waals surface area (Å²) in [6.07, 6.45) is -7.75. The van der Waals surface area contributed by atoms with Crippen LogP contribution in [-0.2, 0) is 15.4 Å². The van der Waals surface area contributed by atoms with Gasteiger partial charge in [0.05, 0.1) is 16.3 Å². The van der Waals surface area contributed by atoms with Gasteiger partial charge in [-0.3, -0.25) is 0 Å². The van der Waals surface area contributed by atoms with Gasteiger partial charge < -0.3 is 10.1 Å². The van der Waals surface area contributed by atoms with E-state index in [0.29, 0.717) is 12.8 Å². The van der Waals surface area contributed by atoms with Crippen molar-refractivity contribution < 1.29 is 39.9 Å². The minimum Gasteiger partial charge on any atom is -0.367 e. The Morgan fingerprint density at radius 2 is 1.48 bits per heavy atom. The number of alkyl halides is 6. The van der Waals surface area contributed by atoms with Gasteiger partial charge in [-0.2, -0.15) is 26.3 Å². The molecule has 0 spiro atoms. The third kappa shape index (κ3) is 4.32. The van der Waals surface area contributed by atoms with E-state index in [9.17, 15) is 39.9 Å². The molecule has 2 aromatic rings. The summed E-state index contributed by atoms with van der Waals surface area (Å²) in [7, 11) is -3.55. The SMILES string of the molecule is CS(=O)(=O)c1ccc(-c2[nH]c(C(O)(C(F)(F)F)C(F)(F)F)nc2C2CCCCC2)cc1. The van der Waals surface area contributed by atoms with Crippen molar-refractivity contribution in [2.45, 2.75) is 60.9 Å². The standard InChI is InChI=1S/C19H20F6N2O3S/c1-31(29,30)13-9-7-12(8-10-13)15-14(11-5-3-2-4-6-11)26-16(27-15)17(28,18(20,21)22)19(23,24)25/h7-11,28H,2-6H2,1H3,(H,26,27). The molecule has 1 aromatic carbocycles. The molecule has 5 nitrogen and oxygen atoms in total. The van der Waals surface area contributed by atoms with Gasteiger partial charge in [0.25, 0.3) is 0 Å². The molecule has 172 valence electrons. The molecule has 0 atom stereocenters. The van der Waals surface area contributed by atoms with Gasteiger partial charge in [-0.15, -0.1) is 0 Å². The maximum atomic E-state index is 13.4. The monoisotopic (exact) mass is 470 g/mol. The Hall–Kier alpha value is -2.08. The highest BCUT2D eigenvalue weighted by atomic mass is 32.2. The van der Waals surface area contributed by atoms with Gasteiger partial charge in [0.2, 0.25) is 0 Å². The molecule has 1 aliphatic carbocycles. The van der Waals surface area contributed by atoms with Crippen LogP contribution in [0.1, 0.15) is 49.5 Å². The van der Waals surface area contributed by atoms with E-state index in [2.05, 4.69) is 9.97 Å². The average molecular weight is 470 g/mol. The summed E-state index contributed by atoms with van der Waals surface area (Å²) in [5.74, 6) is -2.05. The first-order chi connectivity index (χ1) is 14.2. The quantitative estimate of drug-likeness (QED) is 0.627. The molecule has 0 bridgehead atoms. The van der Waals surface area contributed by atoms with Crippen LogP contribution in [0.25, 0.3) is 11.3 Å². The molecule has 1 heterocycles. The number of imidazole rings is 1. The van der Waals surface area contributed by atoms with Crippen molar-refractivity contribution in [2.24, 2.45) is 0 Å². The van der Waals surface area contributed by atoms with E-state index in [1.165, 1.54) is 24.3 Å². The molecule has 12 heteroatoms. The van der Waals surface area contributed by atoms with E-state index in [0.717, 1.165) is 25.5 Å². The molecular formula is C19H20F6N2O3S. The van der Waals surface area contributed by atoms with Gasteiger partial charge in [-0.1, -0.05) is 31.4 Å². The molecule has 31 heavy (non-hydrogen) atoms. The van der Waals surface area contributed by atoms with Gasteiger partial charge in [-0.05, 0) is 30.5 Å². The van der Waals surface area contributed by atoms with Crippen LogP contribution in [0.5, 0.6) is 0 Å². The third-order valence-corrected chi connectivity index (χ3v) is 6.59. The first kappa shape index (κ1) is 23.6. The predicted molar refractivity (Wildman–Crippen MR) is 99.0 cm³/mol. The number of nitrogens with one attached hydrogen (secondary N) is 1. The molecule has 0 amide bonds. The van der Waals surface area contributed by atoms with E-state index in [4.69, 9.17) is 0 Å². The number of aliphatic hydroxyl groups is 1. The summed E-state index contributed by atoms with van der Waals surface area (Å²) in [6.45, 7) is 0. The van der Waals surface area contributed by atoms with Crippen molar-refractivity contribution in [3.63, 3.8) is 0 Å². The van der Waals surface area contributed by atoms with Crippen LogP contribution >= 0.6 is 0 Å². The molecule has 0 aliphatic heterocycles. The molecule has 2 N–H and O–H groups in total. The summed E-state index contributed by atoms with van der Waals surface area (Å²) >= 11 is 0. The minimum atomic E-state index is -6.07. The van der Waals surface area contributed by atoms with E-state index >= 15 is 0 Å². The van der Waals surface area contributed by atoms with Gasteiger partial charge in [0.15, 0.2) is 15.7 Å². The first-order valence-electron chi connectivity index (χ1n) is 9.43. The largest absolute Gasteiger partial charge is 0.433 e. The van der Waals surface area contributed by atoms with Crippen LogP contribution in [0.4, 0.5) is 26.3 Å². The van der Waals surface area contributed by atoms with Gasteiger partial charge in [0, 0.05) is 12.2 Å². The molecule has 0 unspecified atom stereocenters. The number of benzene rings is 1. The van der Waals surface area contributed by atoms with Crippen molar-refractivity contribution >= 4 is 9.84 Å². The highest BCUT2D eigenvalue weighted by Crippen LogP contribution is 2.50. The lowest BCUT2D eigenvalue weighted by atomic mass is 9.85. The smallest absolute Gasteiger partial charge is 0.367 e. The number of sulfone groups is 1. The van der Waals surface area contributed by atoms with Crippen LogP contribution in [0.2, 0.25) is 0 Å². The van der Waals surface area contributed by atoms with E-state index in [-0.39, 0.29) is 21.8 Å². The Labute approximate surface area is 174 Å². The maximum absolute atomic E-state index is 13.4. The zero-order valence-corrected chi connectivity index (χ0v) is 17.1. The van der Waals surface area contributed by atoms with Crippen molar-refractivity contribution in [1.29, 1.82) is 0 Å². The normalized spacial score (nSPS) is 17.2. The lowest BCUT2D eigenvalue weighted by Gasteiger charge is -2.30. The topological polar surface area (TPSA) is 83.0 Å². The lowest BCUT2D eigenvalue weighted by molar-refractivity contribution is -0.378. The fraction of sp³-hybridized carbons (Fsp3) is 0.526. The number of aromatic nitrogens is 2. The number of hydrogen-bond acceptors (Lipinski definition) is 4. The Bertz CT molecular complexity index is 1020. The second kappa shape index (κ2) is 7.80. The summed E-state index contributed by atoms with van der Waals surface area (Å²) in [6, 6.07) is 4.96. The Morgan fingerprint density at radius 1 is 0.968 bits per heavy atom. The fourth-order valence-electron chi connectivity index (χ4n) is 3.75. The van der Waals surface area contributed by atoms with E-state index in [1.807, 2.05) is 0 Å². The lowest BCUT2D eigenvalue weighted by Crippen LogP contribution is -2.54. The molecular weight excluding hydrogens is 450 g/mol. The number of H-pyrrole nitrogens is 1.